The smallest absolute Gasteiger partial charge is 0.304 e. The molecule has 1 unspecified atom stereocenters. The van der Waals surface area contributed by atoms with Crippen molar-refractivity contribution in [1.82, 2.24) is 0 Å². The van der Waals surface area contributed by atoms with Crippen LogP contribution in [0.5, 0.6) is 0 Å². The number of carbonyl (C=O) groups is 2. The molecule has 1 saturated heterocycles. The third-order valence-electron chi connectivity index (χ3n) is 2.28. The molecule has 17 heavy (non-hydrogen) atoms. The summed E-state index contributed by atoms with van der Waals surface area (Å²) in [5, 5.41) is 19.1. The highest BCUT2D eigenvalue weighted by atomic mass is 16.7. The second-order valence-corrected chi connectivity index (χ2v) is 3.81. The highest BCUT2D eigenvalue weighted by molar-refractivity contribution is 5.66. The molecule has 4 atom stereocenters. The van der Waals surface area contributed by atoms with E-state index in [4.69, 9.17) is 9.47 Å². The Bertz CT molecular complexity index is 290. The maximum Gasteiger partial charge on any atom is 0.304 e. The number of aliphatic hydroxyl groups is 2. The topological polar surface area (TPSA) is 102 Å². The van der Waals surface area contributed by atoms with Gasteiger partial charge in [0, 0.05) is 20.3 Å². The lowest BCUT2D eigenvalue weighted by Gasteiger charge is -2.35. The second-order valence-electron chi connectivity index (χ2n) is 3.81. The molecule has 1 fully saturated rings. The van der Waals surface area contributed by atoms with Crippen LogP contribution in [0.1, 0.15) is 20.3 Å². The number of esters is 2. The van der Waals surface area contributed by atoms with E-state index in [1.165, 1.54) is 13.8 Å². The van der Waals surface area contributed by atoms with Crippen molar-refractivity contribution in [3.05, 3.63) is 0 Å². The fraction of sp³-hybridized carbons (Fsp3) is 0.800. The van der Waals surface area contributed by atoms with Crippen LogP contribution < -0.4 is 0 Å². The summed E-state index contributed by atoms with van der Waals surface area (Å²) in [4.78, 5) is 21.4. The summed E-state index contributed by atoms with van der Waals surface area (Å²) in [6.07, 6.45) is -4.13. The first-order valence-electron chi connectivity index (χ1n) is 5.22. The third-order valence-corrected chi connectivity index (χ3v) is 2.28. The number of hydrogen-bond acceptors (Lipinski definition) is 7. The van der Waals surface area contributed by atoms with Crippen molar-refractivity contribution in [3.8, 4) is 0 Å². The van der Waals surface area contributed by atoms with Gasteiger partial charge in [0.25, 0.3) is 0 Å². The Labute approximate surface area is 98.3 Å². The van der Waals surface area contributed by atoms with Crippen LogP contribution in [0, 0.1) is 0 Å². The van der Waals surface area contributed by atoms with Gasteiger partial charge >= 0.3 is 11.9 Å². The summed E-state index contributed by atoms with van der Waals surface area (Å²) in [6, 6.07) is 0. The maximum absolute atomic E-state index is 10.7. The lowest BCUT2D eigenvalue weighted by Crippen LogP contribution is -2.51. The Hall–Kier alpha value is -1.18. The largest absolute Gasteiger partial charge is 0.463 e. The van der Waals surface area contributed by atoms with Crippen molar-refractivity contribution in [2.24, 2.45) is 0 Å². The first-order chi connectivity index (χ1) is 7.90. The first kappa shape index (κ1) is 13.9. The van der Waals surface area contributed by atoms with Gasteiger partial charge in [-0.3, -0.25) is 9.59 Å². The molecule has 98 valence electrons. The molecule has 0 amide bonds. The summed E-state index contributed by atoms with van der Waals surface area (Å²) in [5.41, 5.74) is 0. The first-order valence-corrected chi connectivity index (χ1v) is 5.22. The van der Waals surface area contributed by atoms with Gasteiger partial charge in [-0.05, 0) is 0 Å². The third kappa shape index (κ3) is 4.29. The Balaban J connectivity index is 2.54. The molecule has 0 spiro atoms. The predicted molar refractivity (Wildman–Crippen MR) is 53.7 cm³/mol. The molecule has 0 aromatic heterocycles. The van der Waals surface area contributed by atoms with Crippen molar-refractivity contribution in [2.75, 3.05) is 6.61 Å². The lowest BCUT2D eigenvalue weighted by molar-refractivity contribution is -0.252. The molecule has 0 saturated carbocycles. The zero-order valence-electron chi connectivity index (χ0n) is 9.66. The fourth-order valence-electron chi connectivity index (χ4n) is 1.51. The van der Waals surface area contributed by atoms with Gasteiger partial charge in [0.05, 0.1) is 6.10 Å². The molecule has 0 aromatic carbocycles. The van der Waals surface area contributed by atoms with Gasteiger partial charge in [0.15, 0.2) is 0 Å². The van der Waals surface area contributed by atoms with E-state index in [1.807, 2.05) is 0 Å². The van der Waals surface area contributed by atoms with Crippen LogP contribution in [-0.2, 0) is 23.8 Å². The zero-order valence-corrected chi connectivity index (χ0v) is 9.66. The van der Waals surface area contributed by atoms with E-state index in [1.54, 1.807) is 0 Å². The minimum absolute atomic E-state index is 0.0165. The van der Waals surface area contributed by atoms with Crippen molar-refractivity contribution in [1.29, 1.82) is 0 Å². The molecule has 1 aliphatic rings. The molecule has 1 aliphatic heterocycles. The van der Waals surface area contributed by atoms with Crippen molar-refractivity contribution in [2.45, 2.75) is 44.9 Å². The van der Waals surface area contributed by atoms with E-state index in [2.05, 4.69) is 4.74 Å². The summed E-state index contributed by atoms with van der Waals surface area (Å²) in [7, 11) is 0. The monoisotopic (exact) mass is 248 g/mol. The highest BCUT2D eigenvalue weighted by Gasteiger charge is 2.38. The van der Waals surface area contributed by atoms with Gasteiger partial charge in [0.2, 0.25) is 6.29 Å². The minimum atomic E-state index is -1.18. The quantitative estimate of drug-likeness (QED) is 0.614. The Morgan fingerprint density at radius 2 is 1.94 bits per heavy atom. The molecule has 0 radical (unpaired) electrons. The Kier molecular flexibility index (Phi) is 4.86. The fourth-order valence-corrected chi connectivity index (χ4v) is 1.51. The lowest BCUT2D eigenvalue weighted by atomic mass is 10.0. The van der Waals surface area contributed by atoms with Gasteiger partial charge in [-0.2, -0.15) is 0 Å². The highest BCUT2D eigenvalue weighted by Crippen LogP contribution is 2.21. The SMILES string of the molecule is CC(=O)OC[C@H]1OC(OC(C)=O)C[C@@H](O)[C@H]1O. The molecule has 7 nitrogen and oxygen atoms in total. The summed E-state index contributed by atoms with van der Waals surface area (Å²) in [5.74, 6) is -1.07. The van der Waals surface area contributed by atoms with E-state index < -0.39 is 36.5 Å². The van der Waals surface area contributed by atoms with Crippen LogP contribution in [0.4, 0.5) is 0 Å². The molecule has 0 bridgehead atoms. The van der Waals surface area contributed by atoms with Gasteiger partial charge < -0.3 is 24.4 Å². The molecule has 0 aromatic rings. The molecule has 1 rings (SSSR count). The van der Waals surface area contributed by atoms with Gasteiger partial charge in [-0.15, -0.1) is 0 Å². The van der Waals surface area contributed by atoms with Crippen molar-refractivity contribution in [3.63, 3.8) is 0 Å². The summed E-state index contributed by atoms with van der Waals surface area (Å²) in [6.45, 7) is 2.22. The Morgan fingerprint density at radius 1 is 1.29 bits per heavy atom. The zero-order chi connectivity index (χ0) is 13.0. The van der Waals surface area contributed by atoms with E-state index in [0.717, 1.165) is 0 Å². The second kappa shape index (κ2) is 5.95. The number of carbonyl (C=O) groups excluding carboxylic acids is 2. The minimum Gasteiger partial charge on any atom is -0.463 e. The standard InChI is InChI=1S/C10H16O7/c1-5(11)15-4-8-10(14)7(13)3-9(17-8)16-6(2)12/h7-10,13-14H,3-4H2,1-2H3/t7-,8-,9?,10-/m1/s1. The normalized spacial score (nSPS) is 32.9. The maximum atomic E-state index is 10.7. The molecule has 0 aliphatic carbocycles. The summed E-state index contributed by atoms with van der Waals surface area (Å²) < 4.78 is 14.7. The van der Waals surface area contributed by atoms with Crippen LogP contribution in [0.3, 0.4) is 0 Å². The predicted octanol–water partition coefficient (Wildman–Crippen LogP) is -1.05. The average molecular weight is 248 g/mol. The molecular weight excluding hydrogens is 232 g/mol. The van der Waals surface area contributed by atoms with Crippen LogP contribution in [0.25, 0.3) is 0 Å². The average Bonchev–Trinajstić information content (AvgIpc) is 2.20. The van der Waals surface area contributed by atoms with Crippen molar-refractivity contribution >= 4 is 11.9 Å². The number of hydrogen-bond donors (Lipinski definition) is 2. The van der Waals surface area contributed by atoms with Crippen LogP contribution >= 0.6 is 0 Å². The van der Waals surface area contributed by atoms with Crippen molar-refractivity contribution < 1.29 is 34.0 Å². The molecule has 1 heterocycles. The summed E-state index contributed by atoms with van der Waals surface area (Å²) >= 11 is 0. The van der Waals surface area contributed by atoms with E-state index in [0.29, 0.717) is 0 Å². The Morgan fingerprint density at radius 3 is 2.47 bits per heavy atom. The molecule has 2 N–H and O–H groups in total. The van der Waals surface area contributed by atoms with Gasteiger partial charge in [0.1, 0.15) is 18.8 Å². The van der Waals surface area contributed by atoms with Gasteiger partial charge in [-0.1, -0.05) is 0 Å². The van der Waals surface area contributed by atoms with Crippen LogP contribution in [0.15, 0.2) is 0 Å². The van der Waals surface area contributed by atoms with E-state index in [-0.39, 0.29) is 13.0 Å². The number of rotatable bonds is 3. The van der Waals surface area contributed by atoms with E-state index in [9.17, 15) is 19.8 Å². The van der Waals surface area contributed by atoms with Crippen LogP contribution in [0.2, 0.25) is 0 Å². The molecular formula is C10H16O7. The number of ether oxygens (including phenoxy) is 3. The number of aliphatic hydroxyl groups excluding tert-OH is 2. The molecule has 7 heteroatoms. The van der Waals surface area contributed by atoms with Gasteiger partial charge in [-0.25, -0.2) is 0 Å². The van der Waals surface area contributed by atoms with Crippen LogP contribution in [-0.4, -0.2) is 53.4 Å². The van der Waals surface area contributed by atoms with E-state index >= 15 is 0 Å².